The van der Waals surface area contributed by atoms with E-state index in [4.69, 9.17) is 16.2 Å². The molecule has 0 bridgehead atoms. The van der Waals surface area contributed by atoms with Gasteiger partial charge >= 0.3 is 0 Å². The van der Waals surface area contributed by atoms with E-state index in [1.807, 2.05) is 42.3 Å². The second kappa shape index (κ2) is 5.36. The summed E-state index contributed by atoms with van der Waals surface area (Å²) in [6.45, 7) is 0. The molecular weight excluding hydrogens is 280 g/mol. The molecular formula is C15H16N6O. The van der Waals surface area contributed by atoms with Crippen molar-refractivity contribution in [1.82, 2.24) is 15.0 Å². The third-order valence-corrected chi connectivity index (χ3v) is 3.42. The zero-order chi connectivity index (χ0) is 15.7. The largest absolute Gasteiger partial charge is 0.495 e. The Balaban J connectivity index is 2.10. The maximum Gasteiger partial charge on any atom is 0.224 e. The summed E-state index contributed by atoms with van der Waals surface area (Å²) in [5.41, 5.74) is 13.7. The molecule has 0 atom stereocenters. The Morgan fingerprint density at radius 1 is 1.14 bits per heavy atom. The van der Waals surface area contributed by atoms with Crippen molar-refractivity contribution in [2.45, 2.75) is 0 Å². The maximum absolute atomic E-state index is 5.91. The fourth-order valence-electron chi connectivity index (χ4n) is 2.27. The number of ether oxygens (including phenoxy) is 1. The number of benzene rings is 1. The number of para-hydroxylation sites is 2. The Morgan fingerprint density at radius 2 is 1.91 bits per heavy atom. The van der Waals surface area contributed by atoms with Crippen LogP contribution in [0.4, 0.5) is 23.1 Å². The van der Waals surface area contributed by atoms with E-state index in [0.717, 1.165) is 17.1 Å². The van der Waals surface area contributed by atoms with Crippen molar-refractivity contribution in [2.24, 2.45) is 0 Å². The fourth-order valence-corrected chi connectivity index (χ4v) is 2.27. The normalized spacial score (nSPS) is 10.6. The maximum atomic E-state index is 5.91. The molecule has 0 saturated heterocycles. The highest BCUT2D eigenvalue weighted by atomic mass is 16.5. The molecule has 112 valence electrons. The monoisotopic (exact) mass is 296 g/mol. The third-order valence-electron chi connectivity index (χ3n) is 3.42. The van der Waals surface area contributed by atoms with Gasteiger partial charge in [0.1, 0.15) is 11.6 Å². The van der Waals surface area contributed by atoms with Crippen LogP contribution >= 0.6 is 0 Å². The minimum absolute atomic E-state index is 0.114. The molecule has 0 spiro atoms. The molecule has 7 heteroatoms. The number of rotatable bonds is 3. The standard InChI is InChI=1S/C15H16N6O/c1-21(11-5-3-4-6-12(11)22-2)9-7-10-13(16)19-15(17)20-14(10)18-8-9/h3-8H,1-2H3,(H4,16,17,18,19,20). The van der Waals surface area contributed by atoms with Crippen LogP contribution in [0.2, 0.25) is 0 Å². The van der Waals surface area contributed by atoms with E-state index in [-0.39, 0.29) is 5.95 Å². The number of methoxy groups -OCH3 is 1. The lowest BCUT2D eigenvalue weighted by Gasteiger charge is -2.21. The van der Waals surface area contributed by atoms with E-state index in [2.05, 4.69) is 15.0 Å². The number of fused-ring (bicyclic) bond motifs is 1. The average Bonchev–Trinajstić information content (AvgIpc) is 2.53. The summed E-state index contributed by atoms with van der Waals surface area (Å²) in [6, 6.07) is 9.61. The Hall–Kier alpha value is -3.09. The van der Waals surface area contributed by atoms with Crippen molar-refractivity contribution in [1.29, 1.82) is 0 Å². The average molecular weight is 296 g/mol. The lowest BCUT2D eigenvalue weighted by atomic mass is 10.2. The van der Waals surface area contributed by atoms with E-state index < -0.39 is 0 Å². The molecule has 22 heavy (non-hydrogen) atoms. The molecule has 0 aliphatic carbocycles. The topological polar surface area (TPSA) is 103 Å². The van der Waals surface area contributed by atoms with Gasteiger partial charge in [0.05, 0.1) is 30.1 Å². The molecule has 3 rings (SSSR count). The van der Waals surface area contributed by atoms with E-state index in [0.29, 0.717) is 16.9 Å². The molecule has 0 aliphatic rings. The second-order valence-electron chi connectivity index (χ2n) is 4.76. The van der Waals surface area contributed by atoms with Crippen molar-refractivity contribution in [3.8, 4) is 5.75 Å². The van der Waals surface area contributed by atoms with Crippen molar-refractivity contribution in [3.63, 3.8) is 0 Å². The van der Waals surface area contributed by atoms with Crippen molar-refractivity contribution < 1.29 is 4.74 Å². The number of nitrogens with zero attached hydrogens (tertiary/aromatic N) is 4. The second-order valence-corrected chi connectivity index (χ2v) is 4.76. The molecule has 0 fully saturated rings. The molecule has 1 aromatic carbocycles. The van der Waals surface area contributed by atoms with Crippen molar-refractivity contribution in [2.75, 3.05) is 30.5 Å². The van der Waals surface area contributed by atoms with E-state index in [1.54, 1.807) is 13.3 Å². The van der Waals surface area contributed by atoms with E-state index in [1.165, 1.54) is 0 Å². The van der Waals surface area contributed by atoms with E-state index >= 15 is 0 Å². The predicted molar refractivity (Wildman–Crippen MR) is 87.2 cm³/mol. The van der Waals surface area contributed by atoms with Crippen LogP contribution in [0.15, 0.2) is 36.5 Å². The molecule has 3 aromatic rings. The number of pyridine rings is 1. The quantitative estimate of drug-likeness (QED) is 0.761. The molecule has 7 nitrogen and oxygen atoms in total. The molecule has 2 heterocycles. The number of nitrogen functional groups attached to an aromatic ring is 2. The minimum atomic E-state index is 0.114. The van der Waals surface area contributed by atoms with Crippen LogP contribution < -0.4 is 21.1 Å². The lowest BCUT2D eigenvalue weighted by molar-refractivity contribution is 0.415. The highest BCUT2D eigenvalue weighted by Crippen LogP contribution is 2.33. The van der Waals surface area contributed by atoms with Gasteiger partial charge in [-0.2, -0.15) is 9.97 Å². The number of nitrogens with two attached hydrogens (primary N) is 2. The van der Waals surface area contributed by atoms with Gasteiger partial charge in [-0.15, -0.1) is 0 Å². The molecule has 2 aromatic heterocycles. The Bertz CT molecular complexity index is 835. The minimum Gasteiger partial charge on any atom is -0.495 e. The third kappa shape index (κ3) is 2.32. The number of hydrogen-bond acceptors (Lipinski definition) is 7. The first-order valence-electron chi connectivity index (χ1n) is 6.65. The predicted octanol–water partition coefficient (Wildman–Crippen LogP) is 1.97. The van der Waals surface area contributed by atoms with Gasteiger partial charge in [-0.05, 0) is 18.2 Å². The molecule has 0 aliphatic heterocycles. The highest BCUT2D eigenvalue weighted by molar-refractivity contribution is 5.89. The number of hydrogen-bond donors (Lipinski definition) is 2. The van der Waals surface area contributed by atoms with Crippen LogP contribution in [0.25, 0.3) is 11.0 Å². The zero-order valence-corrected chi connectivity index (χ0v) is 12.3. The summed E-state index contributed by atoms with van der Waals surface area (Å²) in [6.07, 6.45) is 1.71. The van der Waals surface area contributed by atoms with Crippen LogP contribution in [0.5, 0.6) is 5.75 Å². The number of aromatic nitrogens is 3. The van der Waals surface area contributed by atoms with Gasteiger partial charge in [0.25, 0.3) is 0 Å². The van der Waals surface area contributed by atoms with Gasteiger partial charge in [-0.1, -0.05) is 12.1 Å². The molecule has 0 radical (unpaired) electrons. The molecule has 4 N–H and O–H groups in total. The molecule has 0 amide bonds. The summed E-state index contributed by atoms with van der Waals surface area (Å²) < 4.78 is 5.39. The highest BCUT2D eigenvalue weighted by Gasteiger charge is 2.12. The van der Waals surface area contributed by atoms with Gasteiger partial charge in [0.2, 0.25) is 5.95 Å². The first kappa shape index (κ1) is 13.9. The van der Waals surface area contributed by atoms with Crippen LogP contribution in [0, 0.1) is 0 Å². The van der Waals surface area contributed by atoms with Gasteiger partial charge in [-0.25, -0.2) is 4.98 Å². The Labute approximate surface area is 127 Å². The smallest absolute Gasteiger partial charge is 0.224 e. The zero-order valence-electron chi connectivity index (χ0n) is 12.3. The van der Waals surface area contributed by atoms with Gasteiger partial charge < -0.3 is 21.1 Å². The SMILES string of the molecule is COc1ccccc1N(C)c1cnc2nc(N)nc(N)c2c1. The summed E-state index contributed by atoms with van der Waals surface area (Å²) >= 11 is 0. The van der Waals surface area contributed by atoms with Gasteiger partial charge in [0.15, 0.2) is 5.65 Å². The number of anilines is 4. The van der Waals surface area contributed by atoms with Crippen LogP contribution in [0.3, 0.4) is 0 Å². The summed E-state index contributed by atoms with van der Waals surface area (Å²) in [4.78, 5) is 14.3. The van der Waals surface area contributed by atoms with Crippen LogP contribution in [-0.2, 0) is 0 Å². The van der Waals surface area contributed by atoms with Crippen LogP contribution in [-0.4, -0.2) is 29.1 Å². The van der Waals surface area contributed by atoms with Gasteiger partial charge in [-0.3, -0.25) is 0 Å². The summed E-state index contributed by atoms with van der Waals surface area (Å²) in [5, 5.41) is 0.661. The van der Waals surface area contributed by atoms with E-state index in [9.17, 15) is 0 Å². The Morgan fingerprint density at radius 3 is 2.68 bits per heavy atom. The summed E-state index contributed by atoms with van der Waals surface area (Å²) in [7, 11) is 3.56. The molecule has 0 saturated carbocycles. The first-order valence-corrected chi connectivity index (χ1v) is 6.65. The summed E-state index contributed by atoms with van der Waals surface area (Å²) in [5.74, 6) is 1.19. The van der Waals surface area contributed by atoms with Crippen molar-refractivity contribution in [3.05, 3.63) is 36.5 Å². The Kier molecular flexibility index (Phi) is 3.38. The van der Waals surface area contributed by atoms with Crippen molar-refractivity contribution >= 4 is 34.2 Å². The van der Waals surface area contributed by atoms with Gasteiger partial charge in [0, 0.05) is 7.05 Å². The van der Waals surface area contributed by atoms with Crippen LogP contribution in [0.1, 0.15) is 0 Å². The fraction of sp³-hybridized carbons (Fsp3) is 0.133. The molecule has 0 unspecified atom stereocenters. The lowest BCUT2D eigenvalue weighted by Crippen LogP contribution is -2.11. The first-order chi connectivity index (χ1) is 10.6.